The predicted molar refractivity (Wildman–Crippen MR) is 65.5 cm³/mol. The molecule has 3 N–H and O–H groups in total. The Morgan fingerprint density at radius 3 is 2.26 bits per heavy atom. The van der Waals surface area contributed by atoms with E-state index < -0.39 is 11.9 Å². The lowest BCUT2D eigenvalue weighted by atomic mass is 10.0. The second-order valence-corrected chi connectivity index (χ2v) is 4.69. The van der Waals surface area contributed by atoms with Gasteiger partial charge in [-0.1, -0.05) is 0 Å². The first-order valence-electron chi connectivity index (χ1n) is 5.98. The van der Waals surface area contributed by atoms with Crippen molar-refractivity contribution in [1.82, 2.24) is 15.1 Å². The summed E-state index contributed by atoms with van der Waals surface area (Å²) in [5.74, 6) is -2.24. The van der Waals surface area contributed by atoms with E-state index in [-0.39, 0.29) is 31.5 Å². The van der Waals surface area contributed by atoms with Crippen LogP contribution in [0.15, 0.2) is 0 Å². The largest absolute Gasteiger partial charge is 0.480 e. The predicted octanol–water partition coefficient (Wildman–Crippen LogP) is -1.52. The highest BCUT2D eigenvalue weighted by Crippen LogP contribution is 2.06. The number of ketones is 1. The van der Waals surface area contributed by atoms with Gasteiger partial charge in [-0.15, -0.1) is 0 Å². The van der Waals surface area contributed by atoms with Crippen LogP contribution in [0.1, 0.15) is 6.92 Å². The van der Waals surface area contributed by atoms with Gasteiger partial charge in [0.15, 0.2) is 0 Å². The number of hydrogen-bond donors (Lipinski definition) is 3. The Labute approximate surface area is 111 Å². The molecule has 0 aromatic carbocycles. The minimum Gasteiger partial charge on any atom is -0.480 e. The van der Waals surface area contributed by atoms with E-state index >= 15 is 0 Å². The topological polar surface area (TPSA) is 110 Å². The fourth-order valence-corrected chi connectivity index (χ4v) is 2.04. The molecule has 1 fully saturated rings. The normalized spacial score (nSPS) is 22.5. The number of Topliss-reactive ketones (excluding diaryl/α,β-unsaturated/α-hetero) is 1. The van der Waals surface area contributed by atoms with Crippen LogP contribution in [-0.4, -0.2) is 77.3 Å². The number of nitrogens with zero attached hydrogens (tertiary/aromatic N) is 2. The molecule has 8 nitrogen and oxygen atoms in total. The third-order valence-corrected chi connectivity index (χ3v) is 2.90. The average Bonchev–Trinajstić information content (AvgIpc) is 2.21. The molecule has 0 spiro atoms. The van der Waals surface area contributed by atoms with E-state index in [4.69, 9.17) is 10.2 Å². The van der Waals surface area contributed by atoms with Crippen molar-refractivity contribution in [1.29, 1.82) is 0 Å². The number of aliphatic carboxylic acids is 2. The average molecular weight is 273 g/mol. The molecular formula is C11H19N3O5. The molecule has 0 amide bonds. The number of carboxylic acid groups (broad SMARTS) is 2. The molecule has 0 bridgehead atoms. The molecule has 1 unspecified atom stereocenters. The van der Waals surface area contributed by atoms with Crippen LogP contribution in [0.5, 0.6) is 0 Å². The molecule has 1 atom stereocenters. The van der Waals surface area contributed by atoms with Crippen LogP contribution in [0.2, 0.25) is 0 Å². The highest BCUT2D eigenvalue weighted by molar-refractivity contribution is 5.79. The Morgan fingerprint density at radius 1 is 1.16 bits per heavy atom. The fraction of sp³-hybridized carbons (Fsp3) is 0.727. The van der Waals surface area contributed by atoms with E-state index in [1.165, 1.54) is 6.92 Å². The molecule has 0 radical (unpaired) electrons. The van der Waals surface area contributed by atoms with Crippen molar-refractivity contribution in [2.75, 3.05) is 39.5 Å². The Hall–Kier alpha value is -1.51. The zero-order valence-corrected chi connectivity index (χ0v) is 10.8. The van der Waals surface area contributed by atoms with Crippen molar-refractivity contribution in [3.05, 3.63) is 0 Å². The van der Waals surface area contributed by atoms with E-state index in [1.54, 1.807) is 9.80 Å². The van der Waals surface area contributed by atoms with Crippen molar-refractivity contribution in [2.24, 2.45) is 5.92 Å². The van der Waals surface area contributed by atoms with Gasteiger partial charge in [-0.25, -0.2) is 0 Å². The summed E-state index contributed by atoms with van der Waals surface area (Å²) in [6.07, 6.45) is 0. The minimum absolute atomic E-state index is 0.00502. The quantitative estimate of drug-likeness (QED) is 0.554. The number of carbonyl (C=O) groups is 3. The molecule has 0 aromatic heterocycles. The molecule has 19 heavy (non-hydrogen) atoms. The van der Waals surface area contributed by atoms with Gasteiger partial charge >= 0.3 is 11.9 Å². The van der Waals surface area contributed by atoms with E-state index in [9.17, 15) is 14.4 Å². The molecule has 108 valence electrons. The maximum absolute atomic E-state index is 11.4. The summed E-state index contributed by atoms with van der Waals surface area (Å²) in [6.45, 7) is 2.34. The molecule has 1 aliphatic rings. The Bertz CT molecular complexity index is 360. The third kappa shape index (κ3) is 5.77. The molecule has 0 saturated carbocycles. The molecule has 1 heterocycles. The maximum Gasteiger partial charge on any atom is 0.317 e. The van der Waals surface area contributed by atoms with E-state index in [0.717, 1.165) is 0 Å². The summed E-state index contributed by atoms with van der Waals surface area (Å²) >= 11 is 0. The van der Waals surface area contributed by atoms with E-state index in [0.29, 0.717) is 19.8 Å². The van der Waals surface area contributed by atoms with Crippen LogP contribution in [0.25, 0.3) is 0 Å². The SMILES string of the molecule is CC(=O)C1CNCN(CC(=O)O)CN(CC(=O)O)C1. The molecular weight excluding hydrogens is 254 g/mol. The summed E-state index contributed by atoms with van der Waals surface area (Å²) in [4.78, 5) is 36.1. The first-order chi connectivity index (χ1) is 8.88. The highest BCUT2D eigenvalue weighted by Gasteiger charge is 2.25. The number of carboxylic acids is 2. The van der Waals surface area contributed by atoms with E-state index in [1.807, 2.05) is 0 Å². The van der Waals surface area contributed by atoms with Crippen LogP contribution in [-0.2, 0) is 14.4 Å². The lowest BCUT2D eigenvalue weighted by Gasteiger charge is -2.34. The van der Waals surface area contributed by atoms with Crippen molar-refractivity contribution in [2.45, 2.75) is 6.92 Å². The summed E-state index contributed by atoms with van der Waals surface area (Å²) in [5, 5.41) is 20.6. The number of hydrogen-bond acceptors (Lipinski definition) is 6. The zero-order chi connectivity index (χ0) is 14.4. The summed E-state index contributed by atoms with van der Waals surface area (Å²) in [6, 6.07) is 0. The summed E-state index contributed by atoms with van der Waals surface area (Å²) < 4.78 is 0. The second-order valence-electron chi connectivity index (χ2n) is 4.69. The molecule has 1 rings (SSSR count). The minimum atomic E-state index is -0.994. The lowest BCUT2D eigenvalue weighted by Crippen LogP contribution is -2.52. The van der Waals surface area contributed by atoms with Gasteiger partial charge in [-0.3, -0.25) is 24.2 Å². The zero-order valence-electron chi connectivity index (χ0n) is 10.8. The first-order valence-corrected chi connectivity index (χ1v) is 5.98. The molecule has 0 aromatic rings. The van der Waals surface area contributed by atoms with Crippen molar-refractivity contribution < 1.29 is 24.6 Å². The van der Waals surface area contributed by atoms with Gasteiger partial charge in [0.1, 0.15) is 5.78 Å². The Balaban J connectivity index is 2.70. The second kappa shape index (κ2) is 7.17. The summed E-state index contributed by atoms with van der Waals surface area (Å²) in [7, 11) is 0. The van der Waals surface area contributed by atoms with Gasteiger partial charge in [0.05, 0.1) is 19.8 Å². The highest BCUT2D eigenvalue weighted by atomic mass is 16.4. The number of carbonyl (C=O) groups excluding carboxylic acids is 1. The lowest BCUT2D eigenvalue weighted by molar-refractivity contribution is -0.141. The van der Waals surface area contributed by atoms with Gasteiger partial charge in [0, 0.05) is 25.7 Å². The number of nitrogens with one attached hydrogen (secondary N) is 1. The maximum atomic E-state index is 11.4. The van der Waals surface area contributed by atoms with Crippen LogP contribution < -0.4 is 5.32 Å². The van der Waals surface area contributed by atoms with Gasteiger partial charge < -0.3 is 15.5 Å². The first kappa shape index (κ1) is 15.5. The Morgan fingerprint density at radius 2 is 1.74 bits per heavy atom. The van der Waals surface area contributed by atoms with Gasteiger partial charge in [-0.05, 0) is 6.92 Å². The monoisotopic (exact) mass is 273 g/mol. The number of rotatable bonds is 5. The molecule has 1 saturated heterocycles. The van der Waals surface area contributed by atoms with Gasteiger partial charge in [0.25, 0.3) is 0 Å². The standard InChI is InChI=1S/C11H19N3O5/c1-8(15)9-2-12-6-14(5-11(18)19)7-13(3-9)4-10(16)17/h9,12H,2-7H2,1H3,(H,16,17)(H,18,19). The molecule has 1 aliphatic heterocycles. The smallest absolute Gasteiger partial charge is 0.317 e. The van der Waals surface area contributed by atoms with Crippen LogP contribution in [0.4, 0.5) is 0 Å². The third-order valence-electron chi connectivity index (χ3n) is 2.90. The molecule has 0 aliphatic carbocycles. The van der Waals surface area contributed by atoms with Crippen molar-refractivity contribution in [3.8, 4) is 0 Å². The fourth-order valence-electron chi connectivity index (χ4n) is 2.04. The van der Waals surface area contributed by atoms with Crippen LogP contribution in [0, 0.1) is 5.92 Å². The molecule has 8 heteroatoms. The van der Waals surface area contributed by atoms with Gasteiger partial charge in [-0.2, -0.15) is 0 Å². The van der Waals surface area contributed by atoms with Crippen molar-refractivity contribution in [3.63, 3.8) is 0 Å². The van der Waals surface area contributed by atoms with E-state index in [2.05, 4.69) is 5.32 Å². The summed E-state index contributed by atoms with van der Waals surface area (Å²) in [5.41, 5.74) is 0. The van der Waals surface area contributed by atoms with Crippen LogP contribution in [0.3, 0.4) is 0 Å². The van der Waals surface area contributed by atoms with Crippen LogP contribution >= 0.6 is 0 Å². The Kier molecular flexibility index (Phi) is 5.87. The van der Waals surface area contributed by atoms with Gasteiger partial charge in [0.2, 0.25) is 0 Å². The van der Waals surface area contributed by atoms with Crippen molar-refractivity contribution >= 4 is 17.7 Å².